The topological polar surface area (TPSA) is 132 Å². The summed E-state index contributed by atoms with van der Waals surface area (Å²) in [5, 5.41) is 0.498. The second kappa shape index (κ2) is 10.1. The van der Waals surface area contributed by atoms with Gasteiger partial charge in [-0.3, -0.25) is 4.79 Å². The molecule has 0 saturated carbocycles. The molecule has 2 heterocycles. The molecule has 2 aromatic carbocycles. The Morgan fingerprint density at radius 3 is 2.63 bits per heavy atom. The third-order valence-electron chi connectivity index (χ3n) is 5.63. The Kier molecular flexibility index (Phi) is 7.10. The van der Waals surface area contributed by atoms with Crippen LogP contribution in [-0.2, 0) is 26.1 Å². The van der Waals surface area contributed by atoms with Gasteiger partial charge in [0.15, 0.2) is 0 Å². The van der Waals surface area contributed by atoms with Crippen molar-refractivity contribution < 1.29 is 27.5 Å². The van der Waals surface area contributed by atoms with Gasteiger partial charge in [-0.15, -0.1) is 0 Å². The van der Waals surface area contributed by atoms with Crippen LogP contribution in [0.1, 0.15) is 16.7 Å². The van der Waals surface area contributed by atoms with Crippen LogP contribution >= 0.6 is 11.6 Å². The molecule has 0 spiro atoms. The maximum atomic E-state index is 13.2. The van der Waals surface area contributed by atoms with E-state index in [9.17, 15) is 18.0 Å². The van der Waals surface area contributed by atoms with E-state index in [1.165, 1.54) is 11.4 Å². The van der Waals surface area contributed by atoms with Crippen LogP contribution < -0.4 is 10.5 Å². The third-order valence-corrected chi connectivity index (χ3v) is 7.75. The monoisotopic (exact) mass is 518 g/mol. The van der Waals surface area contributed by atoms with Gasteiger partial charge in [-0.1, -0.05) is 35.9 Å². The molecule has 2 aromatic rings. The van der Waals surface area contributed by atoms with Gasteiger partial charge in [0.2, 0.25) is 15.9 Å². The molecule has 0 bridgehead atoms. The molecule has 0 atom stereocenters. The smallest absolute Gasteiger partial charge is 0.435 e. The lowest BCUT2D eigenvalue weighted by Crippen LogP contribution is -2.52. The fraction of sp³-hybridized carbons (Fsp3) is 0.261. The van der Waals surface area contributed by atoms with Gasteiger partial charge in [-0.05, 0) is 29.8 Å². The first-order chi connectivity index (χ1) is 16.7. The molecule has 2 N–H and O–H groups in total. The Balaban J connectivity index is 1.41. The maximum Gasteiger partial charge on any atom is 0.435 e. The molecule has 0 aliphatic carbocycles. The number of amidine groups is 1. The fourth-order valence-corrected chi connectivity index (χ4v) is 5.28. The predicted molar refractivity (Wildman–Crippen MR) is 130 cm³/mol. The maximum absolute atomic E-state index is 13.2. The van der Waals surface area contributed by atoms with Crippen molar-refractivity contribution >= 4 is 45.5 Å². The van der Waals surface area contributed by atoms with Gasteiger partial charge in [-0.2, -0.15) is 9.30 Å². The molecule has 0 aromatic heterocycles. The van der Waals surface area contributed by atoms with Crippen molar-refractivity contribution in [3.63, 3.8) is 0 Å². The van der Waals surface area contributed by atoms with Crippen LogP contribution in [0.5, 0.6) is 5.75 Å². The molecule has 0 radical (unpaired) electrons. The largest absolute Gasteiger partial charge is 0.487 e. The number of hydrogen-bond acceptors (Lipinski definition) is 6. The van der Waals surface area contributed by atoms with E-state index in [4.69, 9.17) is 22.1 Å². The molecular weight excluding hydrogens is 496 g/mol. The molecule has 10 nitrogen and oxygen atoms in total. The minimum Gasteiger partial charge on any atom is -0.487 e. The highest BCUT2D eigenvalue weighted by molar-refractivity contribution is 7.93. The summed E-state index contributed by atoms with van der Waals surface area (Å²) in [7, 11) is -2.66. The first kappa shape index (κ1) is 24.7. The van der Waals surface area contributed by atoms with Gasteiger partial charge in [0, 0.05) is 35.8 Å². The average molecular weight is 519 g/mol. The zero-order valence-electron chi connectivity index (χ0n) is 18.8. The van der Waals surface area contributed by atoms with Crippen molar-refractivity contribution in [1.29, 1.82) is 0 Å². The number of aliphatic imine (C=N–C) groups is 1. The van der Waals surface area contributed by atoms with E-state index in [0.29, 0.717) is 28.4 Å². The number of piperazine rings is 1. The van der Waals surface area contributed by atoms with E-state index in [1.54, 1.807) is 53.4 Å². The van der Waals surface area contributed by atoms with Gasteiger partial charge < -0.3 is 20.1 Å². The van der Waals surface area contributed by atoms with Crippen molar-refractivity contribution in [2.24, 2.45) is 10.7 Å². The second-order valence-electron chi connectivity index (χ2n) is 7.90. The van der Waals surface area contributed by atoms with Crippen LogP contribution in [0.4, 0.5) is 4.79 Å². The molecule has 2 aliphatic rings. The van der Waals surface area contributed by atoms with Crippen LogP contribution in [0.2, 0.25) is 5.02 Å². The summed E-state index contributed by atoms with van der Waals surface area (Å²) >= 11 is 5.96. The average Bonchev–Trinajstić information content (AvgIpc) is 2.85. The highest BCUT2D eigenvalue weighted by Crippen LogP contribution is 2.32. The van der Waals surface area contributed by atoms with Gasteiger partial charge in [0.25, 0.3) is 0 Å². The number of methoxy groups -OCH3 is 1. The van der Waals surface area contributed by atoms with Crippen LogP contribution in [-0.4, -0.2) is 68.8 Å². The van der Waals surface area contributed by atoms with Gasteiger partial charge in [0.1, 0.15) is 18.2 Å². The Labute approximate surface area is 207 Å². The zero-order valence-corrected chi connectivity index (χ0v) is 20.4. The number of fused-ring (bicyclic) bond motifs is 1. The van der Waals surface area contributed by atoms with Gasteiger partial charge in [0.05, 0.1) is 18.6 Å². The normalized spacial score (nSPS) is 16.9. The summed E-state index contributed by atoms with van der Waals surface area (Å²) in [6.45, 7) is 0.325. The molecule has 1 fully saturated rings. The molecule has 4 rings (SSSR count). The summed E-state index contributed by atoms with van der Waals surface area (Å²) in [5.41, 5.74) is 7.75. The number of sulfonamides is 1. The fourth-order valence-electron chi connectivity index (χ4n) is 3.70. The summed E-state index contributed by atoms with van der Waals surface area (Å²) < 4.78 is 37.5. The third kappa shape index (κ3) is 5.47. The number of amides is 2. The SMILES string of the molecule is COC(=O)N=C(N)c1ccc(CN2CCN(S(=O)(=O)C3=Cc4ccc(Cl)cc4OC3)CC2=O)cc1. The highest BCUT2D eigenvalue weighted by Gasteiger charge is 2.35. The minimum absolute atomic E-state index is 0.0185. The van der Waals surface area contributed by atoms with E-state index in [-0.39, 0.29) is 42.9 Å². The molecule has 0 unspecified atom stereocenters. The summed E-state index contributed by atoms with van der Waals surface area (Å²) in [6, 6.07) is 11.9. The van der Waals surface area contributed by atoms with Gasteiger partial charge >= 0.3 is 6.09 Å². The van der Waals surface area contributed by atoms with Crippen LogP contribution in [0.25, 0.3) is 6.08 Å². The van der Waals surface area contributed by atoms with Gasteiger partial charge in [-0.25, -0.2) is 13.2 Å². The highest BCUT2D eigenvalue weighted by atomic mass is 35.5. The Bertz CT molecular complexity index is 1320. The quantitative estimate of drug-likeness (QED) is 0.474. The molecule has 1 saturated heterocycles. The number of carbonyl (C=O) groups excluding carboxylic acids is 2. The molecule has 2 aliphatic heterocycles. The van der Waals surface area contributed by atoms with Crippen molar-refractivity contribution in [2.45, 2.75) is 6.54 Å². The summed E-state index contributed by atoms with van der Waals surface area (Å²) in [4.78, 5) is 29.3. The van der Waals surface area contributed by atoms with E-state index in [2.05, 4.69) is 9.73 Å². The van der Waals surface area contributed by atoms with Crippen LogP contribution in [0.15, 0.2) is 52.4 Å². The lowest BCUT2D eigenvalue weighted by Gasteiger charge is -2.34. The van der Waals surface area contributed by atoms with E-state index in [0.717, 1.165) is 5.56 Å². The number of rotatable bonds is 5. The number of halogens is 1. The molecule has 35 heavy (non-hydrogen) atoms. The van der Waals surface area contributed by atoms with E-state index < -0.39 is 16.1 Å². The van der Waals surface area contributed by atoms with Crippen molar-refractivity contribution in [3.8, 4) is 5.75 Å². The number of hydrogen-bond donors (Lipinski definition) is 1. The lowest BCUT2D eigenvalue weighted by atomic mass is 10.1. The molecule has 184 valence electrons. The summed E-state index contributed by atoms with van der Waals surface area (Å²) in [5.74, 6) is 0.229. The predicted octanol–water partition coefficient (Wildman–Crippen LogP) is 2.22. The van der Waals surface area contributed by atoms with Crippen molar-refractivity contribution in [1.82, 2.24) is 9.21 Å². The van der Waals surface area contributed by atoms with Crippen LogP contribution in [0, 0.1) is 0 Å². The van der Waals surface area contributed by atoms with Crippen molar-refractivity contribution in [2.75, 3.05) is 33.4 Å². The lowest BCUT2D eigenvalue weighted by molar-refractivity contribution is -0.134. The Morgan fingerprint density at radius 1 is 1.20 bits per heavy atom. The first-order valence-electron chi connectivity index (χ1n) is 10.6. The number of carbonyl (C=O) groups is 2. The van der Waals surface area contributed by atoms with E-state index >= 15 is 0 Å². The number of ether oxygens (including phenoxy) is 2. The molecule has 2 amide bonds. The zero-order chi connectivity index (χ0) is 25.2. The number of nitrogens with zero attached hydrogens (tertiary/aromatic N) is 3. The standard InChI is InChI=1S/C23H23ClN4O6S/c1-33-23(30)26-22(25)16-4-2-15(3-5-16)12-27-8-9-28(13-21(27)29)35(31,32)19-10-17-6-7-18(24)11-20(17)34-14-19/h2-7,10-11H,8-9,12-14H2,1H3,(H2,25,26,30). The number of nitrogens with two attached hydrogens (primary N) is 1. The number of benzene rings is 2. The first-order valence-corrected chi connectivity index (χ1v) is 12.4. The Morgan fingerprint density at radius 2 is 1.94 bits per heavy atom. The van der Waals surface area contributed by atoms with Crippen molar-refractivity contribution in [3.05, 3.63) is 69.1 Å². The molecular formula is C23H23ClN4O6S. The second-order valence-corrected chi connectivity index (χ2v) is 10.3. The molecule has 12 heteroatoms. The summed E-state index contributed by atoms with van der Waals surface area (Å²) in [6.07, 6.45) is 0.757. The van der Waals surface area contributed by atoms with Crippen LogP contribution in [0.3, 0.4) is 0 Å². The minimum atomic E-state index is -3.87. The Hall–Kier alpha value is -3.41. The van der Waals surface area contributed by atoms with E-state index in [1.807, 2.05) is 0 Å².